The Morgan fingerprint density at radius 2 is 1.56 bits per heavy atom. The van der Waals surface area contributed by atoms with Crippen LogP contribution in [0.5, 0.6) is 17.2 Å². The number of ether oxygens (including phenoxy) is 3. The van der Waals surface area contributed by atoms with Gasteiger partial charge >= 0.3 is 12.6 Å². The first-order chi connectivity index (χ1) is 16.3. The normalized spacial score (nSPS) is 12.6. The third-order valence-electron chi connectivity index (χ3n) is 4.95. The molecule has 34 heavy (non-hydrogen) atoms. The van der Waals surface area contributed by atoms with Crippen LogP contribution in [0.1, 0.15) is 37.0 Å². The number of halogens is 3. The van der Waals surface area contributed by atoms with Gasteiger partial charge in [0, 0.05) is 10.0 Å². The second kappa shape index (κ2) is 11.6. The van der Waals surface area contributed by atoms with E-state index >= 15 is 0 Å². The molecule has 3 aromatic carbocycles. The Morgan fingerprint density at radius 1 is 0.912 bits per heavy atom. The van der Waals surface area contributed by atoms with Gasteiger partial charge in [0.2, 0.25) is 6.10 Å². The van der Waals surface area contributed by atoms with E-state index in [1.807, 2.05) is 32.0 Å². The van der Waals surface area contributed by atoms with Crippen molar-refractivity contribution in [1.29, 1.82) is 5.26 Å². The Labute approximate surface area is 205 Å². The van der Waals surface area contributed by atoms with Crippen molar-refractivity contribution in [3.63, 3.8) is 0 Å². The van der Waals surface area contributed by atoms with Crippen LogP contribution in [0.15, 0.2) is 77.3 Å². The number of nitriles is 1. The molecule has 0 aliphatic carbocycles. The van der Waals surface area contributed by atoms with E-state index in [0.717, 1.165) is 4.47 Å². The summed E-state index contributed by atoms with van der Waals surface area (Å²) in [7, 11) is 0. The number of alkyl halides is 2. The lowest BCUT2D eigenvalue weighted by Crippen LogP contribution is -2.22. The van der Waals surface area contributed by atoms with Crippen LogP contribution >= 0.6 is 15.9 Å². The van der Waals surface area contributed by atoms with E-state index < -0.39 is 24.6 Å². The van der Waals surface area contributed by atoms with E-state index in [2.05, 4.69) is 20.7 Å². The van der Waals surface area contributed by atoms with E-state index in [1.165, 1.54) is 24.3 Å². The molecule has 0 saturated heterocycles. The van der Waals surface area contributed by atoms with Crippen LogP contribution in [-0.4, -0.2) is 12.6 Å². The van der Waals surface area contributed by atoms with Crippen LogP contribution in [0.3, 0.4) is 0 Å². The van der Waals surface area contributed by atoms with Gasteiger partial charge in [-0.3, -0.25) is 4.79 Å². The average molecular weight is 530 g/mol. The Morgan fingerprint density at radius 3 is 2.15 bits per heavy atom. The van der Waals surface area contributed by atoms with Gasteiger partial charge in [-0.2, -0.15) is 14.0 Å². The molecule has 0 radical (unpaired) electrons. The topological polar surface area (TPSA) is 68.6 Å². The van der Waals surface area contributed by atoms with Gasteiger partial charge in [-0.25, -0.2) is 0 Å². The number of rotatable bonds is 9. The lowest BCUT2D eigenvalue weighted by molar-refractivity contribution is -0.150. The minimum atomic E-state index is -2.93. The quantitative estimate of drug-likeness (QED) is 0.270. The molecule has 5 nitrogen and oxygen atoms in total. The van der Waals surface area contributed by atoms with Crippen LogP contribution in [0, 0.1) is 17.2 Å². The van der Waals surface area contributed by atoms with Gasteiger partial charge in [0.05, 0.1) is 5.92 Å². The fourth-order valence-corrected chi connectivity index (χ4v) is 3.65. The fourth-order valence-electron chi connectivity index (χ4n) is 3.39. The lowest BCUT2D eigenvalue weighted by atomic mass is 9.88. The molecule has 0 N–H and O–H groups in total. The fraction of sp³-hybridized carbons (Fsp3) is 0.231. The van der Waals surface area contributed by atoms with Crippen molar-refractivity contribution in [2.75, 3.05) is 0 Å². The minimum Gasteiger partial charge on any atom is -0.457 e. The van der Waals surface area contributed by atoms with Gasteiger partial charge in [0.15, 0.2) is 0 Å². The second-order valence-electron chi connectivity index (χ2n) is 7.74. The summed E-state index contributed by atoms with van der Waals surface area (Å²) in [5, 5.41) is 9.69. The first-order valence-electron chi connectivity index (χ1n) is 10.4. The van der Waals surface area contributed by atoms with E-state index in [9.17, 15) is 18.8 Å². The minimum absolute atomic E-state index is 0.00730. The molecular weight excluding hydrogens is 508 g/mol. The predicted octanol–water partition coefficient (Wildman–Crippen LogP) is 7.39. The number of benzene rings is 3. The smallest absolute Gasteiger partial charge is 0.387 e. The zero-order chi connectivity index (χ0) is 24.7. The number of carbonyl (C=O) groups excluding carboxylic acids is 1. The molecule has 3 rings (SSSR count). The molecule has 0 aliphatic rings. The van der Waals surface area contributed by atoms with Gasteiger partial charge in [-0.15, -0.1) is 0 Å². The highest BCUT2D eigenvalue weighted by Gasteiger charge is 2.29. The summed E-state index contributed by atoms with van der Waals surface area (Å²) in [5.41, 5.74) is 1.04. The maximum Gasteiger partial charge on any atom is 0.387 e. The number of nitrogens with zero attached hydrogens (tertiary/aromatic N) is 1. The van der Waals surface area contributed by atoms with Crippen LogP contribution in [-0.2, 0) is 9.53 Å². The summed E-state index contributed by atoms with van der Waals surface area (Å²) >= 11 is 3.37. The first kappa shape index (κ1) is 25.2. The third kappa shape index (κ3) is 6.78. The standard InChI is InChI=1S/C26H22BrF2NO4/c1-16(2)24(17-6-10-21(11-7-17)33-26(28)29)25(31)34-23(15-30)18-4-3-5-22(14-18)32-20-12-8-19(27)9-13-20/h3-14,16,23-24,26H,1-2H3/t23-,24+/m0/s1. The Bertz CT molecular complexity index is 1140. The van der Waals surface area contributed by atoms with Crippen LogP contribution in [0.2, 0.25) is 0 Å². The Hall–Kier alpha value is -3.44. The summed E-state index contributed by atoms with van der Waals surface area (Å²) in [5.74, 6) is -0.356. The lowest BCUT2D eigenvalue weighted by Gasteiger charge is -2.22. The van der Waals surface area contributed by atoms with Crippen molar-refractivity contribution in [2.45, 2.75) is 32.5 Å². The Kier molecular flexibility index (Phi) is 8.61. The largest absolute Gasteiger partial charge is 0.457 e. The van der Waals surface area contributed by atoms with E-state index in [0.29, 0.717) is 22.6 Å². The second-order valence-corrected chi connectivity index (χ2v) is 8.66. The number of carbonyl (C=O) groups is 1. The van der Waals surface area contributed by atoms with Crippen molar-refractivity contribution in [3.8, 4) is 23.3 Å². The zero-order valence-electron chi connectivity index (χ0n) is 18.5. The van der Waals surface area contributed by atoms with E-state index in [4.69, 9.17) is 9.47 Å². The maximum atomic E-state index is 13.0. The van der Waals surface area contributed by atoms with Crippen molar-refractivity contribution in [2.24, 2.45) is 5.92 Å². The van der Waals surface area contributed by atoms with E-state index in [-0.39, 0.29) is 11.7 Å². The van der Waals surface area contributed by atoms with Crippen molar-refractivity contribution >= 4 is 21.9 Å². The van der Waals surface area contributed by atoms with Crippen LogP contribution in [0.4, 0.5) is 8.78 Å². The van der Waals surface area contributed by atoms with Crippen LogP contribution in [0.25, 0.3) is 0 Å². The summed E-state index contributed by atoms with van der Waals surface area (Å²) < 4.78 is 41.5. The molecular formula is C26H22BrF2NO4. The maximum absolute atomic E-state index is 13.0. The van der Waals surface area contributed by atoms with Crippen LogP contribution < -0.4 is 9.47 Å². The predicted molar refractivity (Wildman–Crippen MR) is 126 cm³/mol. The molecule has 0 saturated carbocycles. The monoisotopic (exact) mass is 529 g/mol. The number of hydrogen-bond acceptors (Lipinski definition) is 5. The average Bonchev–Trinajstić information content (AvgIpc) is 2.80. The van der Waals surface area contributed by atoms with Gasteiger partial charge in [0.1, 0.15) is 23.3 Å². The number of hydrogen-bond donors (Lipinski definition) is 0. The molecule has 0 heterocycles. The summed E-state index contributed by atoms with van der Waals surface area (Å²) in [6.07, 6.45) is -1.15. The Balaban J connectivity index is 1.76. The highest BCUT2D eigenvalue weighted by atomic mass is 79.9. The highest BCUT2D eigenvalue weighted by molar-refractivity contribution is 9.10. The molecule has 0 bridgehead atoms. The molecule has 3 aromatic rings. The van der Waals surface area contributed by atoms with Crippen molar-refractivity contribution in [3.05, 3.63) is 88.4 Å². The van der Waals surface area contributed by atoms with Crippen molar-refractivity contribution in [1.82, 2.24) is 0 Å². The number of esters is 1. The molecule has 0 aromatic heterocycles. The molecule has 0 spiro atoms. The molecule has 0 unspecified atom stereocenters. The van der Waals surface area contributed by atoms with Gasteiger partial charge < -0.3 is 14.2 Å². The molecule has 176 valence electrons. The zero-order valence-corrected chi connectivity index (χ0v) is 20.0. The molecule has 2 atom stereocenters. The highest BCUT2D eigenvalue weighted by Crippen LogP contribution is 2.32. The summed E-state index contributed by atoms with van der Waals surface area (Å²) in [6, 6.07) is 21.9. The summed E-state index contributed by atoms with van der Waals surface area (Å²) in [4.78, 5) is 13.0. The molecule has 0 amide bonds. The molecule has 0 aliphatic heterocycles. The van der Waals surface area contributed by atoms with Crippen molar-refractivity contribution < 1.29 is 27.8 Å². The van der Waals surface area contributed by atoms with E-state index in [1.54, 1.807) is 36.4 Å². The van der Waals surface area contributed by atoms with Gasteiger partial charge in [0.25, 0.3) is 0 Å². The van der Waals surface area contributed by atoms with Gasteiger partial charge in [-0.1, -0.05) is 54.0 Å². The molecule has 8 heteroatoms. The SMILES string of the molecule is CC(C)[C@@H](C(=O)O[C@@H](C#N)c1cccc(Oc2ccc(Br)cc2)c1)c1ccc(OC(F)F)cc1. The third-order valence-corrected chi connectivity index (χ3v) is 5.48. The summed E-state index contributed by atoms with van der Waals surface area (Å²) in [6.45, 7) is 0.740. The van der Waals surface area contributed by atoms with Gasteiger partial charge in [-0.05, 0) is 60.0 Å². The molecule has 0 fully saturated rings. The first-order valence-corrected chi connectivity index (χ1v) is 11.2.